The molecule has 0 fully saturated rings. The van der Waals surface area contributed by atoms with Crippen molar-refractivity contribution in [3.63, 3.8) is 0 Å². The first-order chi connectivity index (χ1) is 48.0. The lowest BCUT2D eigenvalue weighted by Gasteiger charge is -2.35. The van der Waals surface area contributed by atoms with Crippen LogP contribution in [0.2, 0.25) is 0 Å². The van der Waals surface area contributed by atoms with Crippen LogP contribution < -0.4 is 87.2 Å². The molecule has 0 spiro atoms. The van der Waals surface area contributed by atoms with Crippen LogP contribution >= 0.6 is 0 Å². The number of primary amides is 2. The number of H-pyrrole nitrogens is 2. The number of carbonyl (C=O) groups is 14. The molecule has 0 bridgehead atoms. The Morgan fingerprint density at radius 2 is 1.26 bits per heavy atom. The number of aliphatic hydroxyl groups is 1. The highest BCUT2D eigenvalue weighted by Crippen LogP contribution is 2.24. The number of aromatic amines is 2. The molecule has 13 amide bonds. The molecule has 2 aromatic rings. The Bertz CT molecular complexity index is 3220. The second-order valence-corrected chi connectivity index (χ2v) is 27.0. The van der Waals surface area contributed by atoms with Crippen molar-refractivity contribution in [2.75, 3.05) is 19.7 Å². The normalized spacial score (nSPS) is 21.5. The number of aliphatic carboxylic acids is 1. The van der Waals surface area contributed by atoms with Gasteiger partial charge in [0.05, 0.1) is 25.7 Å². The number of nitrogens with two attached hydrogens (primary N) is 5. The van der Waals surface area contributed by atoms with Crippen LogP contribution in [0.15, 0.2) is 42.2 Å². The highest BCUT2D eigenvalue weighted by atomic mass is 16.4. The van der Waals surface area contributed by atoms with E-state index in [0.29, 0.717) is 24.2 Å². The lowest BCUT2D eigenvalue weighted by atomic mass is 9.86. The highest BCUT2D eigenvalue weighted by Gasteiger charge is 2.43. The monoisotopic (exact) mass is 1440 g/mol. The van der Waals surface area contributed by atoms with Crippen molar-refractivity contribution >= 4 is 88.7 Å². The molecule has 0 aromatic carbocycles. The number of aromatic nitrogens is 4. The topological polar surface area (TPSA) is 612 Å². The zero-order valence-electron chi connectivity index (χ0n) is 59.4. The van der Waals surface area contributed by atoms with E-state index in [1.807, 2.05) is 18.3 Å². The number of nitrogens with zero attached hydrogens (tertiary/aromatic N) is 3. The first-order valence-electron chi connectivity index (χ1n) is 34.1. The van der Waals surface area contributed by atoms with Crippen molar-refractivity contribution in [3.8, 4) is 0 Å². The number of amides is 13. The van der Waals surface area contributed by atoms with E-state index in [4.69, 9.17) is 28.7 Å². The van der Waals surface area contributed by atoms with Gasteiger partial charge in [-0.15, -0.1) is 0 Å². The zero-order chi connectivity index (χ0) is 76.4. The van der Waals surface area contributed by atoms with Crippen LogP contribution in [0.5, 0.6) is 0 Å². The van der Waals surface area contributed by atoms with Crippen LogP contribution in [-0.2, 0) is 80.0 Å². The molecule has 37 heteroatoms. The molecule has 12 atom stereocenters. The molecule has 0 unspecified atom stereocenters. The minimum atomic E-state index is -1.96. The fraction of sp³-hybridized carbons (Fsp3) is 0.646. The van der Waals surface area contributed by atoms with E-state index >= 15 is 14.4 Å². The van der Waals surface area contributed by atoms with Crippen molar-refractivity contribution in [2.45, 2.75) is 230 Å². The van der Waals surface area contributed by atoms with Gasteiger partial charge in [0.2, 0.25) is 76.8 Å². The molecule has 0 radical (unpaired) electrons. The number of aliphatic hydroxyl groups excluding tert-OH is 1. The van der Waals surface area contributed by atoms with E-state index in [-0.39, 0.29) is 108 Å². The number of aliphatic imine (C=N–C) groups is 1. The molecule has 1 aliphatic rings. The summed E-state index contributed by atoms with van der Waals surface area (Å²) in [7, 11) is 0. The Labute approximate surface area is 592 Å². The lowest BCUT2D eigenvalue weighted by Crippen LogP contribution is -2.65. The second-order valence-electron chi connectivity index (χ2n) is 27.0. The third-order valence-electron chi connectivity index (χ3n) is 16.6. The molecule has 3 heterocycles. The van der Waals surface area contributed by atoms with Crippen LogP contribution in [0.4, 0.5) is 0 Å². The van der Waals surface area contributed by atoms with Gasteiger partial charge in [0.1, 0.15) is 65.5 Å². The molecule has 0 saturated heterocycles. The number of allylic oxidation sites excluding steroid dienone is 2. The summed E-state index contributed by atoms with van der Waals surface area (Å²) >= 11 is 0. The Balaban J connectivity index is 2.23. The molecule has 1 aliphatic heterocycles. The van der Waals surface area contributed by atoms with Gasteiger partial charge >= 0.3 is 5.97 Å². The maximum atomic E-state index is 15.2. The Morgan fingerprint density at radius 3 is 1.83 bits per heavy atom. The molecule has 3 rings (SSSR count). The average Bonchev–Trinajstić information content (AvgIpc) is 0.897. The summed E-state index contributed by atoms with van der Waals surface area (Å²) in [5.41, 5.74) is 24.9. The van der Waals surface area contributed by atoms with Crippen molar-refractivity contribution < 1.29 is 77.3 Å². The van der Waals surface area contributed by atoms with Crippen LogP contribution in [0.1, 0.15) is 163 Å². The van der Waals surface area contributed by atoms with Crippen molar-refractivity contribution in [1.82, 2.24) is 78.4 Å². The summed E-state index contributed by atoms with van der Waals surface area (Å²) in [4.78, 5) is 212. The van der Waals surface area contributed by atoms with Gasteiger partial charge in [-0.1, -0.05) is 46.8 Å². The minimum Gasteiger partial charge on any atom is -0.481 e. The van der Waals surface area contributed by atoms with E-state index in [2.05, 4.69) is 78.1 Å². The van der Waals surface area contributed by atoms with Gasteiger partial charge in [0.15, 0.2) is 5.96 Å². The number of hydrogen-bond acceptors (Lipinski definition) is 19. The maximum Gasteiger partial charge on any atom is 0.305 e. The first-order valence-corrected chi connectivity index (χ1v) is 34.1. The van der Waals surface area contributed by atoms with Crippen molar-refractivity contribution in [1.29, 1.82) is 0 Å². The average molecular weight is 1440 g/mol. The molecule has 102 heavy (non-hydrogen) atoms. The van der Waals surface area contributed by atoms with E-state index in [9.17, 15) is 63.0 Å². The van der Waals surface area contributed by atoms with Crippen molar-refractivity contribution in [2.24, 2.45) is 51.4 Å². The third-order valence-corrected chi connectivity index (χ3v) is 16.6. The highest BCUT2D eigenvalue weighted by molar-refractivity contribution is 6.01. The number of unbranched alkanes of at least 4 members (excludes halogenated alkanes) is 1. The Hall–Kier alpha value is -10.1. The van der Waals surface area contributed by atoms with Gasteiger partial charge in [-0.3, -0.25) is 72.1 Å². The summed E-state index contributed by atoms with van der Waals surface area (Å²) in [6.07, 6.45) is 7.96. The Kier molecular flexibility index (Phi) is 36.2. The molecule has 568 valence electrons. The lowest BCUT2D eigenvalue weighted by molar-refractivity contribution is -0.141. The smallest absolute Gasteiger partial charge is 0.305 e. The Morgan fingerprint density at radius 1 is 0.676 bits per heavy atom. The molecule has 0 aliphatic carbocycles. The van der Waals surface area contributed by atoms with E-state index in [1.54, 1.807) is 33.8 Å². The zero-order valence-corrected chi connectivity index (χ0v) is 59.4. The number of carboxylic acid groups (broad SMARTS) is 1. The third kappa shape index (κ3) is 30.8. The van der Waals surface area contributed by atoms with E-state index < -0.39 is 180 Å². The minimum absolute atomic E-state index is 0.00125. The standard InChI is InChI=1S/C65H107N21O16/c1-35(2)24-44(54(94)79-43(19-20-50(67)89)53(93)81-48(28-51(90)91)58(98)82-49(32-87)52(68)92)83-61(101)64(7)21-13-10-9-11-16-37(5)29-65(8,86-60(100)41(17-12-14-22-66)77-56(96)46(76-38(6)88)26-39-30-71-33-74-39)62(102)84-45(25-36(3)4)55(95)80-47(27-40-31-72-34-75-40)57(97)78-42(59(99)85-64)18-15-23-73-63(69)70/h9,11,30-31,33-37,41-49,87H,10,12-29,32,66H2,1-8H3,(H2,67,89)(H2,68,92)(H,71,74)(H,72,75)(H,76,88)(H,77,96)(H,78,97)(H,79,94)(H,80,95)(H,81,93)(H,82,98)(H,83,101)(H,84,102)(H,85,99)(H,86,100)(H,90,91)(H4,69,70,73)/b11-9-/t37-,41+,42+,43+,44+,45+,46+,47+,48+,49+,64+,65+/m1/s1. The molecule has 2 aromatic heterocycles. The quantitative estimate of drug-likeness (QED) is 0.0133. The molecular weight excluding hydrogens is 1330 g/mol. The van der Waals surface area contributed by atoms with Gasteiger partial charge in [0, 0.05) is 56.5 Å². The summed E-state index contributed by atoms with van der Waals surface area (Å²) in [6.45, 7) is 12.2. The molecule has 25 N–H and O–H groups in total. The number of carbonyl (C=O) groups excluding carboxylic acids is 13. The fourth-order valence-electron chi connectivity index (χ4n) is 11.2. The number of nitrogens with one attached hydrogen (secondary N) is 13. The van der Waals surface area contributed by atoms with Crippen LogP contribution in [0.3, 0.4) is 0 Å². The van der Waals surface area contributed by atoms with Gasteiger partial charge in [-0.05, 0) is 122 Å². The predicted molar refractivity (Wildman–Crippen MR) is 371 cm³/mol. The van der Waals surface area contributed by atoms with E-state index in [1.165, 1.54) is 45.8 Å². The van der Waals surface area contributed by atoms with E-state index in [0.717, 1.165) is 0 Å². The van der Waals surface area contributed by atoms with Crippen molar-refractivity contribution in [3.05, 3.63) is 48.6 Å². The van der Waals surface area contributed by atoms with Gasteiger partial charge in [-0.2, -0.15) is 0 Å². The summed E-state index contributed by atoms with van der Waals surface area (Å²) in [5.74, 6) is -15.0. The summed E-state index contributed by atoms with van der Waals surface area (Å²) < 4.78 is 0. The molecule has 0 saturated carbocycles. The van der Waals surface area contributed by atoms with Gasteiger partial charge in [-0.25, -0.2) is 9.97 Å². The summed E-state index contributed by atoms with van der Waals surface area (Å²) in [6, 6.07) is -13.7. The van der Waals surface area contributed by atoms with Crippen LogP contribution in [0.25, 0.3) is 0 Å². The van der Waals surface area contributed by atoms with Gasteiger partial charge in [0.25, 0.3) is 0 Å². The maximum absolute atomic E-state index is 15.2. The second kappa shape index (κ2) is 42.9. The number of guanidine groups is 1. The van der Waals surface area contributed by atoms with Crippen LogP contribution in [0, 0.1) is 17.8 Å². The number of imidazole rings is 2. The van der Waals surface area contributed by atoms with Crippen LogP contribution in [-0.4, -0.2) is 204 Å². The first kappa shape index (κ1) is 86.2. The number of carboxylic acids is 1. The molecule has 37 nitrogen and oxygen atoms in total. The fourth-order valence-corrected chi connectivity index (χ4v) is 11.2. The largest absolute Gasteiger partial charge is 0.481 e. The summed E-state index contributed by atoms with van der Waals surface area (Å²) in [5, 5.41) is 48.1. The predicted octanol–water partition coefficient (Wildman–Crippen LogP) is -4.30. The number of rotatable bonds is 36. The number of hydrogen-bond donors (Lipinski definition) is 20. The van der Waals surface area contributed by atoms with Gasteiger partial charge < -0.3 is 107 Å². The molecular formula is C65H107N21O16. The SMILES string of the molecule is CC(=O)N[C@@H](Cc1cnc[nH]1)C(=O)N[C@@H](CCCCN)C(=O)N[C@@]1(C)C[C@H](C)C/C=C\CCC[C@@](C)(C(=O)N[C@@H](CC(C)C)C(=O)N[C@@H](CCC(N)=O)C(=O)N[C@@H](CC(=O)O)C(=O)N[C@@H](CO)C(N)=O)NC(=O)[C@H](CCCN=C(N)N)NC(=O)[C@H](Cc2cnc[nH]2)NC(=O)[C@H](CC(C)C)NC1=O.